The molecule has 1 aliphatic rings. The summed E-state index contributed by atoms with van der Waals surface area (Å²) in [5.74, 6) is -2.32. The van der Waals surface area contributed by atoms with Gasteiger partial charge in [0.25, 0.3) is 11.5 Å². The third-order valence-electron chi connectivity index (χ3n) is 3.48. The zero-order valence-corrected chi connectivity index (χ0v) is 11.7. The number of furan rings is 1. The molecule has 0 spiro atoms. The van der Waals surface area contributed by atoms with Crippen LogP contribution in [-0.2, 0) is 10.6 Å². The second-order valence-corrected chi connectivity index (χ2v) is 4.92. The topological polar surface area (TPSA) is 147 Å². The molecule has 10 nitrogen and oxygen atoms in total. The molecule has 0 unspecified atom stereocenters. The molecule has 0 radical (unpaired) electrons. The lowest BCUT2D eigenvalue weighted by molar-refractivity contribution is -0.278. The number of H-pyrrole nitrogens is 1. The highest BCUT2D eigenvalue weighted by Gasteiger charge is 2.59. The Kier molecular flexibility index (Phi) is 3.82. The number of nitrogens with one attached hydrogen (secondary N) is 1. The van der Waals surface area contributed by atoms with Gasteiger partial charge >= 0.3 is 11.6 Å². The van der Waals surface area contributed by atoms with E-state index in [-0.39, 0.29) is 5.95 Å². The maximum Gasteiger partial charge on any atom is 0.335 e. The second-order valence-electron chi connectivity index (χ2n) is 4.92. The lowest BCUT2D eigenvalue weighted by Gasteiger charge is -2.32. The fraction of sp³-hybridized carbons (Fsp3) is 0.385. The molecule has 23 heavy (non-hydrogen) atoms. The predicted octanol–water partition coefficient (Wildman–Crippen LogP) is -2.07. The van der Waals surface area contributed by atoms with Gasteiger partial charge in [0.1, 0.15) is 12.2 Å². The summed E-state index contributed by atoms with van der Waals surface area (Å²) in [6, 6.07) is 3.91. The Hall–Kier alpha value is -2.40. The number of hydrogen-bond donors (Lipinski definition) is 4. The maximum atomic E-state index is 12.1. The van der Waals surface area contributed by atoms with Crippen LogP contribution in [0.2, 0.25) is 0 Å². The molecule has 0 bridgehead atoms. The monoisotopic (exact) mass is 326 g/mol. The van der Waals surface area contributed by atoms with Gasteiger partial charge < -0.3 is 29.2 Å². The van der Waals surface area contributed by atoms with Gasteiger partial charge in [0.2, 0.25) is 0 Å². The minimum absolute atomic E-state index is 0.104. The summed E-state index contributed by atoms with van der Waals surface area (Å²) in [4.78, 5) is 25.3. The normalized spacial score (nSPS) is 30.5. The van der Waals surface area contributed by atoms with Gasteiger partial charge in [-0.1, -0.05) is 0 Å². The third-order valence-corrected chi connectivity index (χ3v) is 3.48. The second kappa shape index (κ2) is 5.66. The van der Waals surface area contributed by atoms with Crippen molar-refractivity contribution in [1.82, 2.24) is 9.55 Å². The quantitative estimate of drug-likeness (QED) is 0.501. The van der Waals surface area contributed by atoms with Gasteiger partial charge in [-0.2, -0.15) is 0 Å². The van der Waals surface area contributed by atoms with E-state index in [4.69, 9.17) is 13.9 Å². The van der Waals surface area contributed by atoms with Gasteiger partial charge in [0, 0.05) is 18.3 Å². The first-order valence-electron chi connectivity index (χ1n) is 6.68. The maximum absolute atomic E-state index is 12.1. The van der Waals surface area contributed by atoms with Crippen molar-refractivity contribution >= 4 is 0 Å². The Balaban J connectivity index is 2.14. The zero-order valence-electron chi connectivity index (χ0n) is 11.7. The molecule has 2 aromatic rings. The summed E-state index contributed by atoms with van der Waals surface area (Å²) in [6.45, 7) is -0.625. The predicted molar refractivity (Wildman–Crippen MR) is 72.6 cm³/mol. The Morgan fingerprint density at radius 1 is 1.35 bits per heavy atom. The fourth-order valence-corrected chi connectivity index (χ4v) is 2.38. The molecule has 3 heterocycles. The van der Waals surface area contributed by atoms with Gasteiger partial charge in [-0.25, -0.2) is 9.36 Å². The highest BCUT2D eigenvalue weighted by atomic mass is 16.8. The largest absolute Gasteiger partial charge is 0.434 e. The summed E-state index contributed by atoms with van der Waals surface area (Å²) in [7, 11) is 0. The SMILES string of the molecule is O=c1ccn([C@]2(Oc3ccco3)O[C@H](CO)[C@@H](O)[C@H]2O)c(=O)[nH]1. The van der Waals surface area contributed by atoms with E-state index in [0.717, 1.165) is 16.8 Å². The van der Waals surface area contributed by atoms with Crippen molar-refractivity contribution in [3.63, 3.8) is 0 Å². The Morgan fingerprint density at radius 3 is 2.70 bits per heavy atom. The number of aliphatic hydroxyl groups excluding tert-OH is 3. The molecule has 1 saturated heterocycles. The molecule has 0 aliphatic carbocycles. The van der Waals surface area contributed by atoms with E-state index in [1.165, 1.54) is 18.4 Å². The molecule has 4 atom stereocenters. The average molecular weight is 326 g/mol. The average Bonchev–Trinajstić information content (AvgIpc) is 3.10. The first-order valence-corrected chi connectivity index (χ1v) is 6.68. The molecular weight excluding hydrogens is 312 g/mol. The highest BCUT2D eigenvalue weighted by Crippen LogP contribution is 2.36. The van der Waals surface area contributed by atoms with Crippen molar-refractivity contribution < 1.29 is 29.2 Å². The Bertz CT molecular complexity index is 782. The standard InChI is InChI=1S/C13H14N2O8/c16-6-7-10(18)11(19)13(22-7,23-9-2-1-5-21-9)15-4-3-8(17)14-12(15)20/h1-5,7,10-11,16,18-19H,6H2,(H,14,17,20)/t7-,10-,11-,13+/m1/s1. The van der Waals surface area contributed by atoms with Gasteiger partial charge in [-0.3, -0.25) is 9.78 Å². The molecule has 4 N–H and O–H groups in total. The molecule has 0 aromatic carbocycles. The van der Waals surface area contributed by atoms with Crippen LogP contribution >= 0.6 is 0 Å². The van der Waals surface area contributed by atoms with E-state index < -0.39 is 42.1 Å². The molecule has 2 aromatic heterocycles. The lowest BCUT2D eigenvalue weighted by Crippen LogP contribution is -2.55. The minimum Gasteiger partial charge on any atom is -0.434 e. The van der Waals surface area contributed by atoms with Crippen LogP contribution in [0.15, 0.2) is 44.7 Å². The Labute approximate surface area is 128 Å². The summed E-state index contributed by atoms with van der Waals surface area (Å²) in [5, 5.41) is 29.6. The van der Waals surface area contributed by atoms with Crippen molar-refractivity contribution in [2.24, 2.45) is 0 Å². The van der Waals surface area contributed by atoms with E-state index in [1.807, 2.05) is 4.98 Å². The molecule has 0 saturated carbocycles. The van der Waals surface area contributed by atoms with Crippen LogP contribution in [0.3, 0.4) is 0 Å². The number of rotatable bonds is 4. The van der Waals surface area contributed by atoms with Crippen molar-refractivity contribution in [3.05, 3.63) is 51.5 Å². The van der Waals surface area contributed by atoms with Gasteiger partial charge in [0.05, 0.1) is 12.9 Å². The lowest BCUT2D eigenvalue weighted by atomic mass is 10.1. The third kappa shape index (κ3) is 2.47. The van der Waals surface area contributed by atoms with Gasteiger partial charge in [-0.05, 0) is 6.07 Å². The number of aromatic amines is 1. The van der Waals surface area contributed by atoms with Crippen molar-refractivity contribution in [3.8, 4) is 5.95 Å². The molecule has 3 rings (SSSR count). The van der Waals surface area contributed by atoms with E-state index in [0.29, 0.717) is 0 Å². The minimum atomic E-state index is -2.22. The van der Waals surface area contributed by atoms with Crippen LogP contribution in [0, 0.1) is 0 Å². The number of aromatic nitrogens is 2. The molecule has 10 heteroatoms. The summed E-state index contributed by atoms with van der Waals surface area (Å²) in [6.07, 6.45) is -2.15. The number of aliphatic hydroxyl groups is 3. The van der Waals surface area contributed by atoms with E-state index in [9.17, 15) is 24.9 Å². The van der Waals surface area contributed by atoms with Crippen molar-refractivity contribution in [2.45, 2.75) is 24.2 Å². The molecule has 124 valence electrons. The number of nitrogens with zero attached hydrogens (tertiary/aromatic N) is 1. The molecule has 1 fully saturated rings. The molecular formula is C13H14N2O8. The van der Waals surface area contributed by atoms with E-state index in [2.05, 4.69) is 0 Å². The smallest absolute Gasteiger partial charge is 0.335 e. The van der Waals surface area contributed by atoms with Gasteiger partial charge in [0.15, 0.2) is 6.10 Å². The summed E-state index contributed by atoms with van der Waals surface area (Å²) < 4.78 is 16.6. The van der Waals surface area contributed by atoms with Crippen LogP contribution in [-0.4, -0.2) is 49.8 Å². The van der Waals surface area contributed by atoms with Crippen molar-refractivity contribution in [1.29, 1.82) is 0 Å². The van der Waals surface area contributed by atoms with Crippen molar-refractivity contribution in [2.75, 3.05) is 6.61 Å². The van der Waals surface area contributed by atoms with E-state index >= 15 is 0 Å². The summed E-state index contributed by atoms with van der Waals surface area (Å²) in [5.41, 5.74) is -1.60. The highest BCUT2D eigenvalue weighted by molar-refractivity contribution is 5.08. The van der Waals surface area contributed by atoms with Crippen LogP contribution in [0.25, 0.3) is 0 Å². The molecule has 0 amide bonds. The first-order chi connectivity index (χ1) is 11.0. The van der Waals surface area contributed by atoms with E-state index in [1.54, 1.807) is 0 Å². The fourth-order valence-electron chi connectivity index (χ4n) is 2.38. The zero-order chi connectivity index (χ0) is 16.6. The van der Waals surface area contributed by atoms with Crippen LogP contribution < -0.4 is 16.0 Å². The Morgan fingerprint density at radius 2 is 2.13 bits per heavy atom. The van der Waals surface area contributed by atoms with Crippen LogP contribution in [0.5, 0.6) is 5.95 Å². The summed E-state index contributed by atoms with van der Waals surface area (Å²) >= 11 is 0. The number of hydrogen-bond acceptors (Lipinski definition) is 8. The van der Waals surface area contributed by atoms with Gasteiger partial charge in [-0.15, -0.1) is 0 Å². The van der Waals surface area contributed by atoms with Crippen LogP contribution in [0.4, 0.5) is 0 Å². The molecule has 1 aliphatic heterocycles. The van der Waals surface area contributed by atoms with Crippen LogP contribution in [0.1, 0.15) is 0 Å². The number of ether oxygens (including phenoxy) is 2. The first kappa shape index (κ1) is 15.5.